The standard InChI is InChI=1S/C12H17NO4S2/c1-2-9-6-7-11(18-9)19(16,17)13-8-4-3-5-10(13)12(14)15/h6-7,10H,2-5,8H2,1H3,(H,14,15)/t10-/m1/s1. The van der Waals surface area contributed by atoms with Crippen molar-refractivity contribution in [3.05, 3.63) is 17.0 Å². The Hall–Kier alpha value is -0.920. The fourth-order valence-electron chi connectivity index (χ4n) is 2.24. The van der Waals surface area contributed by atoms with Gasteiger partial charge in [0, 0.05) is 11.4 Å². The monoisotopic (exact) mass is 303 g/mol. The third-order valence-electron chi connectivity index (χ3n) is 3.29. The largest absolute Gasteiger partial charge is 0.480 e. The third-order valence-corrected chi connectivity index (χ3v) is 6.89. The molecular weight excluding hydrogens is 286 g/mol. The van der Waals surface area contributed by atoms with E-state index in [1.54, 1.807) is 12.1 Å². The van der Waals surface area contributed by atoms with Crippen molar-refractivity contribution in [1.82, 2.24) is 4.31 Å². The molecule has 7 heteroatoms. The summed E-state index contributed by atoms with van der Waals surface area (Å²) in [6.07, 6.45) is 2.64. The van der Waals surface area contributed by atoms with Crippen LogP contribution in [-0.4, -0.2) is 36.4 Å². The van der Waals surface area contributed by atoms with Crippen molar-refractivity contribution in [3.63, 3.8) is 0 Å². The van der Waals surface area contributed by atoms with Crippen LogP contribution in [-0.2, 0) is 21.2 Å². The van der Waals surface area contributed by atoms with Crippen molar-refractivity contribution < 1.29 is 18.3 Å². The van der Waals surface area contributed by atoms with E-state index in [-0.39, 0.29) is 4.21 Å². The van der Waals surface area contributed by atoms with E-state index < -0.39 is 22.0 Å². The second-order valence-corrected chi connectivity index (χ2v) is 7.83. The van der Waals surface area contributed by atoms with Gasteiger partial charge in [0.1, 0.15) is 10.3 Å². The summed E-state index contributed by atoms with van der Waals surface area (Å²) < 4.78 is 26.4. The Kier molecular flexibility index (Phi) is 4.27. The molecule has 1 fully saturated rings. The number of piperidine rings is 1. The zero-order chi connectivity index (χ0) is 14.0. The van der Waals surface area contributed by atoms with Gasteiger partial charge in [0.15, 0.2) is 0 Å². The highest BCUT2D eigenvalue weighted by Crippen LogP contribution is 2.30. The lowest BCUT2D eigenvalue weighted by molar-refractivity contribution is -0.142. The predicted molar refractivity (Wildman–Crippen MR) is 72.9 cm³/mol. The lowest BCUT2D eigenvalue weighted by atomic mass is 10.1. The van der Waals surface area contributed by atoms with E-state index in [1.807, 2.05) is 6.92 Å². The first-order valence-electron chi connectivity index (χ1n) is 6.30. The summed E-state index contributed by atoms with van der Waals surface area (Å²) in [7, 11) is -3.67. The summed E-state index contributed by atoms with van der Waals surface area (Å²) in [5.41, 5.74) is 0. The second-order valence-electron chi connectivity index (χ2n) is 4.54. The van der Waals surface area contributed by atoms with Gasteiger partial charge in [0.25, 0.3) is 10.0 Å². The molecule has 1 aromatic heterocycles. The minimum atomic E-state index is -3.67. The zero-order valence-electron chi connectivity index (χ0n) is 10.7. The Labute approximate surface area is 116 Å². The number of carbonyl (C=O) groups is 1. The average Bonchev–Trinajstić information content (AvgIpc) is 2.88. The van der Waals surface area contributed by atoms with Crippen LogP contribution in [0.2, 0.25) is 0 Å². The van der Waals surface area contributed by atoms with Crippen molar-refractivity contribution in [2.24, 2.45) is 0 Å². The molecular formula is C12H17NO4S2. The molecule has 1 aromatic rings. The first-order chi connectivity index (χ1) is 8.96. The summed E-state index contributed by atoms with van der Waals surface area (Å²) in [5, 5.41) is 9.17. The van der Waals surface area contributed by atoms with Crippen LogP contribution < -0.4 is 0 Å². The molecule has 0 bridgehead atoms. The van der Waals surface area contributed by atoms with E-state index in [2.05, 4.69) is 0 Å². The first kappa shape index (κ1) is 14.5. The summed E-state index contributed by atoms with van der Waals surface area (Å²) in [6.45, 7) is 2.25. The number of aliphatic carboxylic acids is 1. The lowest BCUT2D eigenvalue weighted by Gasteiger charge is -2.31. The maximum Gasteiger partial charge on any atom is 0.322 e. The maximum absolute atomic E-state index is 12.5. The molecule has 1 aliphatic heterocycles. The molecule has 5 nitrogen and oxygen atoms in total. The van der Waals surface area contributed by atoms with E-state index in [4.69, 9.17) is 5.11 Å². The van der Waals surface area contributed by atoms with Gasteiger partial charge >= 0.3 is 5.97 Å². The molecule has 2 heterocycles. The van der Waals surface area contributed by atoms with Crippen molar-refractivity contribution in [3.8, 4) is 0 Å². The summed E-state index contributed by atoms with van der Waals surface area (Å²) in [6, 6.07) is 2.44. The molecule has 0 amide bonds. The normalized spacial score (nSPS) is 21.4. The Balaban J connectivity index is 2.34. The molecule has 0 aliphatic carbocycles. The van der Waals surface area contributed by atoms with E-state index in [0.29, 0.717) is 13.0 Å². The molecule has 1 saturated heterocycles. The van der Waals surface area contributed by atoms with Crippen molar-refractivity contribution in [2.75, 3.05) is 6.54 Å². The molecule has 19 heavy (non-hydrogen) atoms. The van der Waals surface area contributed by atoms with Gasteiger partial charge in [-0.1, -0.05) is 6.92 Å². The summed E-state index contributed by atoms with van der Waals surface area (Å²) in [4.78, 5) is 12.2. The molecule has 2 rings (SSSR count). The number of nitrogens with zero attached hydrogens (tertiary/aromatic N) is 1. The topological polar surface area (TPSA) is 74.7 Å². The van der Waals surface area contributed by atoms with E-state index >= 15 is 0 Å². The number of hydrogen-bond donors (Lipinski definition) is 1. The fraction of sp³-hybridized carbons (Fsp3) is 0.583. The Bertz CT molecular complexity index is 564. The molecule has 106 valence electrons. The van der Waals surface area contributed by atoms with Crippen LogP contribution in [0.3, 0.4) is 0 Å². The molecule has 0 aromatic carbocycles. The number of thiophene rings is 1. The van der Waals surface area contributed by atoms with Crippen LogP contribution >= 0.6 is 11.3 Å². The van der Waals surface area contributed by atoms with E-state index in [0.717, 1.165) is 28.4 Å². The average molecular weight is 303 g/mol. The van der Waals surface area contributed by atoms with Crippen LogP contribution in [0.1, 0.15) is 31.1 Å². The van der Waals surface area contributed by atoms with Gasteiger partial charge in [-0.3, -0.25) is 4.79 Å². The number of rotatable bonds is 4. The Morgan fingerprint density at radius 2 is 2.21 bits per heavy atom. The van der Waals surface area contributed by atoms with Crippen LogP contribution in [0.4, 0.5) is 0 Å². The van der Waals surface area contributed by atoms with Gasteiger partial charge < -0.3 is 5.11 Å². The van der Waals surface area contributed by atoms with E-state index in [9.17, 15) is 13.2 Å². The number of aryl methyl sites for hydroxylation is 1. The second kappa shape index (κ2) is 5.60. The number of sulfonamides is 1. The number of carboxylic acids is 1. The van der Waals surface area contributed by atoms with Gasteiger partial charge in [0.2, 0.25) is 0 Å². The highest BCUT2D eigenvalue weighted by molar-refractivity contribution is 7.91. The molecule has 0 saturated carbocycles. The highest BCUT2D eigenvalue weighted by Gasteiger charge is 2.38. The van der Waals surface area contributed by atoms with Gasteiger partial charge in [-0.25, -0.2) is 8.42 Å². The highest BCUT2D eigenvalue weighted by atomic mass is 32.2. The predicted octanol–water partition coefficient (Wildman–Crippen LogP) is 1.94. The van der Waals surface area contributed by atoms with Gasteiger partial charge in [-0.05, 0) is 37.8 Å². The van der Waals surface area contributed by atoms with Crippen LogP contribution in [0.5, 0.6) is 0 Å². The first-order valence-corrected chi connectivity index (χ1v) is 8.56. The molecule has 1 N–H and O–H groups in total. The third kappa shape index (κ3) is 2.82. The smallest absolute Gasteiger partial charge is 0.322 e. The van der Waals surface area contributed by atoms with Crippen molar-refractivity contribution in [2.45, 2.75) is 42.9 Å². The van der Waals surface area contributed by atoms with Gasteiger partial charge in [0.05, 0.1) is 0 Å². The van der Waals surface area contributed by atoms with E-state index in [1.165, 1.54) is 11.3 Å². The minimum Gasteiger partial charge on any atom is -0.480 e. The van der Waals surface area contributed by atoms with Crippen molar-refractivity contribution >= 4 is 27.3 Å². The Morgan fingerprint density at radius 3 is 2.79 bits per heavy atom. The Morgan fingerprint density at radius 1 is 1.47 bits per heavy atom. The molecule has 0 unspecified atom stereocenters. The molecule has 1 atom stereocenters. The SMILES string of the molecule is CCc1ccc(S(=O)(=O)N2CCCC[C@@H]2C(=O)O)s1. The van der Waals surface area contributed by atoms with Crippen molar-refractivity contribution in [1.29, 1.82) is 0 Å². The summed E-state index contributed by atoms with van der Waals surface area (Å²) in [5.74, 6) is -1.06. The maximum atomic E-state index is 12.5. The quantitative estimate of drug-likeness (QED) is 0.922. The van der Waals surface area contributed by atoms with Crippen LogP contribution in [0, 0.1) is 0 Å². The molecule has 1 aliphatic rings. The lowest BCUT2D eigenvalue weighted by Crippen LogP contribution is -2.47. The van der Waals surface area contributed by atoms with Gasteiger partial charge in [-0.15, -0.1) is 11.3 Å². The zero-order valence-corrected chi connectivity index (χ0v) is 12.3. The summed E-state index contributed by atoms with van der Waals surface area (Å²) >= 11 is 1.22. The number of hydrogen-bond acceptors (Lipinski definition) is 4. The number of carboxylic acid groups (broad SMARTS) is 1. The van der Waals surface area contributed by atoms with Gasteiger partial charge in [-0.2, -0.15) is 4.31 Å². The molecule has 0 radical (unpaired) electrons. The van der Waals surface area contributed by atoms with Crippen LogP contribution in [0.25, 0.3) is 0 Å². The minimum absolute atomic E-state index is 0.248. The molecule has 0 spiro atoms. The fourth-order valence-corrected chi connectivity index (χ4v) is 5.32. The van der Waals surface area contributed by atoms with Crippen LogP contribution in [0.15, 0.2) is 16.3 Å².